The molecule has 12 heteroatoms. The zero-order chi connectivity index (χ0) is 15.8. The van der Waals surface area contributed by atoms with Gasteiger partial charge in [0.1, 0.15) is 18.3 Å². The number of nitrogens with one attached hydrogen (secondary N) is 1. The Bertz CT molecular complexity index is 664. The van der Waals surface area contributed by atoms with Gasteiger partial charge in [-0.3, -0.25) is 18.9 Å². The molecule has 1 aromatic heterocycles. The lowest BCUT2D eigenvalue weighted by Crippen LogP contribution is -2.37. The second-order valence-corrected chi connectivity index (χ2v) is 5.59. The second kappa shape index (κ2) is 5.81. The highest BCUT2D eigenvalue weighted by atomic mass is 31.2. The van der Waals surface area contributed by atoms with E-state index in [9.17, 15) is 24.4 Å². The smallest absolute Gasteiger partial charge is 0.387 e. The molecule has 21 heavy (non-hydrogen) atoms. The highest BCUT2D eigenvalue weighted by Gasteiger charge is 2.44. The van der Waals surface area contributed by atoms with E-state index in [1.807, 2.05) is 4.98 Å². The summed E-state index contributed by atoms with van der Waals surface area (Å²) < 4.78 is 20.8. The monoisotopic (exact) mass is 324 g/mol. The number of phosphoric acid groups is 1. The van der Waals surface area contributed by atoms with E-state index in [0.29, 0.717) is 0 Å². The Balaban J connectivity index is 2.18. The van der Waals surface area contributed by atoms with Gasteiger partial charge in [0.15, 0.2) is 6.23 Å². The zero-order valence-electron chi connectivity index (χ0n) is 10.4. The molecule has 0 bridgehead atoms. The van der Waals surface area contributed by atoms with Crippen LogP contribution in [0.25, 0.3) is 0 Å². The molecule has 0 amide bonds. The summed E-state index contributed by atoms with van der Waals surface area (Å²) in [5.74, 6) is 0. The number of ether oxygens (including phenoxy) is 1. The molecule has 2 heterocycles. The minimum atomic E-state index is -4.76. The number of hydrogen-bond donors (Lipinski definition) is 5. The molecule has 0 radical (unpaired) electrons. The lowest BCUT2D eigenvalue weighted by molar-refractivity contribution is -0.0543. The summed E-state index contributed by atoms with van der Waals surface area (Å²) in [4.78, 5) is 41.6. The van der Waals surface area contributed by atoms with Crippen molar-refractivity contribution in [2.45, 2.75) is 24.5 Å². The maximum Gasteiger partial charge on any atom is 0.469 e. The fourth-order valence-corrected chi connectivity index (χ4v) is 2.24. The van der Waals surface area contributed by atoms with Gasteiger partial charge < -0.3 is 24.7 Å². The fourth-order valence-electron chi connectivity index (χ4n) is 1.89. The number of aliphatic hydroxyl groups is 2. The molecule has 11 nitrogen and oxygen atoms in total. The van der Waals surface area contributed by atoms with Crippen LogP contribution in [0.5, 0.6) is 0 Å². The summed E-state index contributed by atoms with van der Waals surface area (Å²) in [5.41, 5.74) is -1.51. The second-order valence-electron chi connectivity index (χ2n) is 4.35. The first-order chi connectivity index (χ1) is 9.69. The summed E-state index contributed by atoms with van der Waals surface area (Å²) >= 11 is 0. The van der Waals surface area contributed by atoms with Crippen molar-refractivity contribution in [3.05, 3.63) is 33.1 Å². The molecule has 4 atom stereocenters. The van der Waals surface area contributed by atoms with Gasteiger partial charge in [-0.15, -0.1) is 0 Å². The van der Waals surface area contributed by atoms with Crippen molar-refractivity contribution >= 4 is 7.82 Å². The highest BCUT2D eigenvalue weighted by molar-refractivity contribution is 7.46. The maximum absolute atomic E-state index is 11.6. The predicted molar refractivity (Wildman–Crippen MR) is 65.2 cm³/mol. The summed E-state index contributed by atoms with van der Waals surface area (Å²) in [6, 6.07) is 1.02. The van der Waals surface area contributed by atoms with Crippen molar-refractivity contribution in [3.8, 4) is 0 Å². The van der Waals surface area contributed by atoms with E-state index in [4.69, 9.17) is 14.5 Å². The number of hydrogen-bond acceptors (Lipinski definition) is 7. The Hall–Kier alpha value is -1.33. The fraction of sp³-hybridized carbons (Fsp3) is 0.556. The van der Waals surface area contributed by atoms with E-state index >= 15 is 0 Å². The SMILES string of the molecule is O=c1ccn([C@@H]2O[C@H](COP(=O)(O)O)[C@H](O)[C@H]2O)c(=O)[nH]1. The van der Waals surface area contributed by atoms with Crippen molar-refractivity contribution < 1.29 is 33.8 Å². The number of rotatable bonds is 4. The van der Waals surface area contributed by atoms with Gasteiger partial charge in [-0.1, -0.05) is 0 Å². The van der Waals surface area contributed by atoms with Crippen LogP contribution in [0.4, 0.5) is 0 Å². The third kappa shape index (κ3) is 3.66. The van der Waals surface area contributed by atoms with E-state index < -0.39 is 50.2 Å². The number of H-pyrrole nitrogens is 1. The number of aromatic amines is 1. The Morgan fingerprint density at radius 1 is 1.33 bits per heavy atom. The zero-order valence-corrected chi connectivity index (χ0v) is 11.3. The van der Waals surface area contributed by atoms with Gasteiger partial charge in [0, 0.05) is 12.3 Å². The lowest BCUT2D eigenvalue weighted by atomic mass is 10.1. The van der Waals surface area contributed by atoms with Crippen molar-refractivity contribution in [3.63, 3.8) is 0 Å². The van der Waals surface area contributed by atoms with Crippen LogP contribution in [0.3, 0.4) is 0 Å². The van der Waals surface area contributed by atoms with Gasteiger partial charge in [0.25, 0.3) is 5.56 Å². The van der Waals surface area contributed by atoms with Crippen LogP contribution in [0, 0.1) is 0 Å². The molecule has 1 aromatic rings. The molecule has 1 fully saturated rings. The van der Waals surface area contributed by atoms with Crippen LogP contribution in [-0.4, -0.2) is 54.5 Å². The molecular weight excluding hydrogens is 311 g/mol. The molecule has 1 aliphatic rings. The Labute approximate surface area is 116 Å². The average Bonchev–Trinajstić information content (AvgIpc) is 2.64. The predicted octanol–water partition coefficient (Wildman–Crippen LogP) is -2.73. The van der Waals surface area contributed by atoms with E-state index in [-0.39, 0.29) is 0 Å². The highest BCUT2D eigenvalue weighted by Crippen LogP contribution is 2.38. The van der Waals surface area contributed by atoms with Crippen molar-refractivity contribution in [2.24, 2.45) is 0 Å². The molecule has 118 valence electrons. The van der Waals surface area contributed by atoms with E-state index in [1.165, 1.54) is 0 Å². The Morgan fingerprint density at radius 2 is 2.00 bits per heavy atom. The van der Waals surface area contributed by atoms with Gasteiger partial charge in [-0.05, 0) is 0 Å². The van der Waals surface area contributed by atoms with E-state index in [0.717, 1.165) is 16.8 Å². The molecule has 1 aliphatic heterocycles. The van der Waals surface area contributed by atoms with Crippen LogP contribution in [0.1, 0.15) is 6.23 Å². The number of phosphoric ester groups is 1. The molecule has 0 spiro atoms. The molecule has 5 N–H and O–H groups in total. The minimum Gasteiger partial charge on any atom is -0.387 e. The van der Waals surface area contributed by atoms with Crippen LogP contribution >= 0.6 is 7.82 Å². The average molecular weight is 324 g/mol. The normalized spacial score (nSPS) is 29.7. The lowest BCUT2D eigenvalue weighted by Gasteiger charge is -2.16. The van der Waals surface area contributed by atoms with Crippen molar-refractivity contribution in [1.82, 2.24) is 9.55 Å². The first kappa shape index (κ1) is 16.0. The molecule has 2 rings (SSSR count). The van der Waals surface area contributed by atoms with Crippen LogP contribution in [0.2, 0.25) is 0 Å². The van der Waals surface area contributed by atoms with Crippen molar-refractivity contribution in [2.75, 3.05) is 6.61 Å². The molecule has 0 saturated carbocycles. The van der Waals surface area contributed by atoms with Crippen LogP contribution in [-0.2, 0) is 13.8 Å². The number of aromatic nitrogens is 2. The maximum atomic E-state index is 11.6. The third-order valence-corrected chi connectivity index (χ3v) is 3.35. The molecular formula is C9H13N2O9P. The van der Waals surface area contributed by atoms with E-state index in [2.05, 4.69) is 4.52 Å². The molecule has 1 saturated heterocycles. The first-order valence-corrected chi connectivity index (χ1v) is 7.25. The summed E-state index contributed by atoms with van der Waals surface area (Å²) in [6.45, 7) is -0.683. The summed E-state index contributed by atoms with van der Waals surface area (Å²) in [5, 5.41) is 19.6. The van der Waals surface area contributed by atoms with Gasteiger partial charge >= 0.3 is 13.5 Å². The van der Waals surface area contributed by atoms with Crippen LogP contribution < -0.4 is 11.2 Å². The van der Waals surface area contributed by atoms with Gasteiger partial charge in [-0.25, -0.2) is 9.36 Å². The number of aliphatic hydroxyl groups excluding tert-OH is 2. The van der Waals surface area contributed by atoms with Gasteiger partial charge in [-0.2, -0.15) is 0 Å². The standard InChI is InChI=1S/C9H13N2O9P/c12-5-1-2-11(9(15)10-5)8-7(14)6(13)4(20-8)3-19-21(16,17)18/h1-2,4,6-8,13-14H,3H2,(H,10,12,15)(H2,16,17,18)/t4-,6+,7-,8-/m1/s1. The third-order valence-electron chi connectivity index (χ3n) is 2.87. The number of nitrogens with zero attached hydrogens (tertiary/aromatic N) is 1. The van der Waals surface area contributed by atoms with Crippen LogP contribution in [0.15, 0.2) is 21.9 Å². The molecule has 0 aliphatic carbocycles. The van der Waals surface area contributed by atoms with E-state index in [1.54, 1.807) is 0 Å². The quantitative estimate of drug-likeness (QED) is 0.368. The van der Waals surface area contributed by atoms with Gasteiger partial charge in [0.05, 0.1) is 6.61 Å². The topological polar surface area (TPSA) is 171 Å². The Morgan fingerprint density at radius 3 is 2.57 bits per heavy atom. The summed E-state index contributed by atoms with van der Waals surface area (Å²) in [7, 11) is -4.76. The van der Waals surface area contributed by atoms with Gasteiger partial charge in [0.2, 0.25) is 0 Å². The van der Waals surface area contributed by atoms with Crippen molar-refractivity contribution in [1.29, 1.82) is 0 Å². The summed E-state index contributed by atoms with van der Waals surface area (Å²) in [6.07, 6.45) is -4.58. The largest absolute Gasteiger partial charge is 0.469 e. The first-order valence-electron chi connectivity index (χ1n) is 5.72. The Kier molecular flexibility index (Phi) is 4.44. The molecule has 0 aromatic carbocycles. The molecule has 0 unspecified atom stereocenters. The minimum absolute atomic E-state index is 0.648.